The molecule has 0 fully saturated rings. The first-order valence-corrected chi connectivity index (χ1v) is 6.60. The van der Waals surface area contributed by atoms with Crippen LogP contribution in [0.1, 0.15) is 28.0 Å². The number of carbonyl (C=O) groups excluding carboxylic acids is 1. The highest BCUT2D eigenvalue weighted by atomic mass is 16.4. The monoisotopic (exact) mass is 284 g/mol. The first kappa shape index (κ1) is 14.7. The van der Waals surface area contributed by atoms with Gasteiger partial charge in [-0.2, -0.15) is 0 Å². The highest BCUT2D eigenvalue weighted by molar-refractivity contribution is 6.01. The molecule has 2 rings (SSSR count). The third-order valence-corrected chi connectivity index (χ3v) is 3.10. The van der Waals surface area contributed by atoms with Gasteiger partial charge in [-0.15, -0.1) is 0 Å². The van der Waals surface area contributed by atoms with Gasteiger partial charge in [0, 0.05) is 18.3 Å². The Morgan fingerprint density at radius 3 is 2.67 bits per heavy atom. The number of carboxylic acids is 1. The zero-order valence-electron chi connectivity index (χ0n) is 11.7. The van der Waals surface area contributed by atoms with Crippen LogP contribution in [0.4, 0.5) is 5.69 Å². The molecule has 0 saturated heterocycles. The van der Waals surface area contributed by atoms with Crippen LogP contribution in [0, 0.1) is 6.92 Å². The van der Waals surface area contributed by atoms with Crippen LogP contribution in [0.3, 0.4) is 0 Å². The lowest BCUT2D eigenvalue weighted by Crippen LogP contribution is -2.16. The zero-order chi connectivity index (χ0) is 15.2. The molecular formula is C16H16N2O3. The van der Waals surface area contributed by atoms with E-state index in [-0.39, 0.29) is 17.9 Å². The van der Waals surface area contributed by atoms with Crippen molar-refractivity contribution in [2.75, 3.05) is 5.32 Å². The van der Waals surface area contributed by atoms with Crippen LogP contribution in [0.5, 0.6) is 0 Å². The summed E-state index contributed by atoms with van der Waals surface area (Å²) < 4.78 is 0. The third-order valence-electron chi connectivity index (χ3n) is 3.10. The van der Waals surface area contributed by atoms with Gasteiger partial charge in [0.1, 0.15) is 0 Å². The molecule has 2 aromatic rings. The Morgan fingerprint density at radius 2 is 2.00 bits per heavy atom. The number of pyridine rings is 1. The maximum atomic E-state index is 11.9. The van der Waals surface area contributed by atoms with Crippen LogP contribution < -0.4 is 5.32 Å². The van der Waals surface area contributed by atoms with Crippen LogP contribution in [0.2, 0.25) is 0 Å². The standard InChI is InChI=1S/C16H16N2O3/c1-11-5-4-7-13(15(11)16(20)21)18-14(19)9-8-12-6-2-3-10-17-12/h2-7,10H,8-9H2,1H3,(H,18,19)(H,20,21). The molecule has 5 heteroatoms. The van der Waals surface area contributed by atoms with Gasteiger partial charge in [0.2, 0.25) is 5.91 Å². The molecule has 108 valence electrons. The van der Waals surface area contributed by atoms with Crippen molar-refractivity contribution in [2.24, 2.45) is 0 Å². The Morgan fingerprint density at radius 1 is 1.19 bits per heavy atom. The lowest BCUT2D eigenvalue weighted by Gasteiger charge is -2.10. The summed E-state index contributed by atoms with van der Waals surface area (Å²) in [5.41, 5.74) is 1.90. The van der Waals surface area contributed by atoms with E-state index in [0.29, 0.717) is 17.7 Å². The predicted octanol–water partition coefficient (Wildman–Crippen LogP) is 2.66. The predicted molar refractivity (Wildman–Crippen MR) is 79.3 cm³/mol. The first-order valence-electron chi connectivity index (χ1n) is 6.60. The summed E-state index contributed by atoms with van der Waals surface area (Å²) in [5.74, 6) is -1.28. The van der Waals surface area contributed by atoms with Crippen molar-refractivity contribution >= 4 is 17.6 Å². The van der Waals surface area contributed by atoms with Gasteiger partial charge < -0.3 is 10.4 Å². The molecule has 0 unspecified atom stereocenters. The third kappa shape index (κ3) is 3.89. The van der Waals surface area contributed by atoms with Crippen LogP contribution in [0.25, 0.3) is 0 Å². The summed E-state index contributed by atoms with van der Waals surface area (Å²) in [5, 5.41) is 11.9. The fraction of sp³-hybridized carbons (Fsp3) is 0.188. The number of carbonyl (C=O) groups is 2. The van der Waals surface area contributed by atoms with Crippen molar-refractivity contribution in [1.29, 1.82) is 0 Å². The molecule has 21 heavy (non-hydrogen) atoms. The maximum Gasteiger partial charge on any atom is 0.338 e. The molecule has 0 aliphatic rings. The molecule has 0 bridgehead atoms. The van der Waals surface area contributed by atoms with E-state index in [4.69, 9.17) is 0 Å². The number of amides is 1. The van der Waals surface area contributed by atoms with Crippen molar-refractivity contribution in [3.63, 3.8) is 0 Å². The topological polar surface area (TPSA) is 79.3 Å². The normalized spacial score (nSPS) is 10.1. The molecule has 0 atom stereocenters. The number of nitrogens with zero attached hydrogens (tertiary/aromatic N) is 1. The summed E-state index contributed by atoms with van der Waals surface area (Å²) in [4.78, 5) is 27.3. The molecule has 1 aromatic heterocycles. The Labute approximate surface area is 122 Å². The quantitative estimate of drug-likeness (QED) is 0.884. The van der Waals surface area contributed by atoms with E-state index in [0.717, 1.165) is 5.69 Å². The van der Waals surface area contributed by atoms with E-state index in [1.807, 2.05) is 18.2 Å². The van der Waals surface area contributed by atoms with Crippen LogP contribution in [0.15, 0.2) is 42.6 Å². The van der Waals surface area contributed by atoms with E-state index in [1.54, 1.807) is 31.3 Å². The molecular weight excluding hydrogens is 268 g/mol. The number of aryl methyl sites for hydroxylation is 2. The van der Waals surface area contributed by atoms with Gasteiger partial charge >= 0.3 is 5.97 Å². The Balaban J connectivity index is 2.03. The SMILES string of the molecule is Cc1cccc(NC(=O)CCc2ccccn2)c1C(=O)O. The minimum Gasteiger partial charge on any atom is -0.478 e. The lowest BCUT2D eigenvalue weighted by atomic mass is 10.1. The zero-order valence-corrected chi connectivity index (χ0v) is 11.7. The second kappa shape index (κ2) is 6.65. The van der Waals surface area contributed by atoms with Crippen LogP contribution in [-0.2, 0) is 11.2 Å². The maximum absolute atomic E-state index is 11.9. The van der Waals surface area contributed by atoms with Crippen molar-refractivity contribution in [1.82, 2.24) is 4.98 Å². The Hall–Kier alpha value is -2.69. The summed E-state index contributed by atoms with van der Waals surface area (Å²) in [6.07, 6.45) is 2.45. The van der Waals surface area contributed by atoms with E-state index < -0.39 is 5.97 Å². The number of rotatable bonds is 5. The largest absolute Gasteiger partial charge is 0.478 e. The molecule has 1 amide bonds. The second-order valence-electron chi connectivity index (χ2n) is 4.67. The number of anilines is 1. The van der Waals surface area contributed by atoms with Crippen LogP contribution in [-0.4, -0.2) is 22.0 Å². The first-order chi connectivity index (χ1) is 10.1. The minimum atomic E-state index is -1.05. The summed E-state index contributed by atoms with van der Waals surface area (Å²) >= 11 is 0. The van der Waals surface area contributed by atoms with Gasteiger partial charge in [-0.3, -0.25) is 9.78 Å². The van der Waals surface area contributed by atoms with Gasteiger partial charge in [-0.05, 0) is 37.1 Å². The molecule has 0 spiro atoms. The molecule has 1 aromatic carbocycles. The smallest absolute Gasteiger partial charge is 0.338 e. The fourth-order valence-corrected chi connectivity index (χ4v) is 2.06. The lowest BCUT2D eigenvalue weighted by molar-refractivity contribution is -0.116. The van der Waals surface area contributed by atoms with E-state index in [9.17, 15) is 14.7 Å². The molecule has 0 saturated carbocycles. The van der Waals surface area contributed by atoms with E-state index in [2.05, 4.69) is 10.3 Å². The number of hydrogen-bond acceptors (Lipinski definition) is 3. The molecule has 0 aliphatic carbocycles. The summed E-state index contributed by atoms with van der Waals surface area (Å²) in [6.45, 7) is 1.70. The summed E-state index contributed by atoms with van der Waals surface area (Å²) in [6, 6.07) is 10.5. The number of benzene rings is 1. The molecule has 0 radical (unpaired) electrons. The molecule has 0 aliphatic heterocycles. The minimum absolute atomic E-state index is 0.128. The van der Waals surface area contributed by atoms with Crippen molar-refractivity contribution in [3.05, 3.63) is 59.4 Å². The van der Waals surface area contributed by atoms with Gasteiger partial charge in [-0.25, -0.2) is 4.79 Å². The average Bonchev–Trinajstić information content (AvgIpc) is 2.46. The van der Waals surface area contributed by atoms with Crippen molar-refractivity contribution in [2.45, 2.75) is 19.8 Å². The number of hydrogen-bond donors (Lipinski definition) is 2. The number of aromatic nitrogens is 1. The second-order valence-corrected chi connectivity index (χ2v) is 4.67. The number of nitrogens with one attached hydrogen (secondary N) is 1. The fourth-order valence-electron chi connectivity index (χ4n) is 2.06. The molecule has 2 N–H and O–H groups in total. The number of carboxylic acid groups (broad SMARTS) is 1. The van der Waals surface area contributed by atoms with Gasteiger partial charge in [-0.1, -0.05) is 18.2 Å². The highest BCUT2D eigenvalue weighted by Crippen LogP contribution is 2.19. The van der Waals surface area contributed by atoms with Gasteiger partial charge in [0.05, 0.1) is 11.3 Å². The Bertz CT molecular complexity index is 654. The van der Waals surface area contributed by atoms with Crippen LogP contribution >= 0.6 is 0 Å². The van der Waals surface area contributed by atoms with Crippen molar-refractivity contribution in [3.8, 4) is 0 Å². The summed E-state index contributed by atoms with van der Waals surface area (Å²) in [7, 11) is 0. The van der Waals surface area contributed by atoms with E-state index >= 15 is 0 Å². The highest BCUT2D eigenvalue weighted by Gasteiger charge is 2.14. The molecule has 5 nitrogen and oxygen atoms in total. The number of aromatic carboxylic acids is 1. The molecule has 1 heterocycles. The average molecular weight is 284 g/mol. The van der Waals surface area contributed by atoms with Gasteiger partial charge in [0.15, 0.2) is 0 Å². The Kier molecular flexibility index (Phi) is 4.66. The van der Waals surface area contributed by atoms with E-state index in [1.165, 1.54) is 0 Å². The van der Waals surface area contributed by atoms with Gasteiger partial charge in [0.25, 0.3) is 0 Å². The van der Waals surface area contributed by atoms with Crippen molar-refractivity contribution < 1.29 is 14.7 Å².